The lowest BCUT2D eigenvalue weighted by atomic mass is 10.1. The van der Waals surface area contributed by atoms with Gasteiger partial charge in [0.1, 0.15) is 0 Å². The Morgan fingerprint density at radius 3 is 3.06 bits per heavy atom. The van der Waals surface area contributed by atoms with Crippen molar-refractivity contribution in [3.63, 3.8) is 0 Å². The molecule has 1 saturated heterocycles. The molecule has 0 bridgehead atoms. The standard InChI is InChI=1S/C12H22N4O/c1-2-16-7-4-11(10-16)8-14-9-12(17)15-6-3-5-13/h11,14H,2-4,6-10H2,1H3,(H,15,17). The maximum atomic E-state index is 11.3. The van der Waals surface area contributed by atoms with E-state index < -0.39 is 0 Å². The van der Waals surface area contributed by atoms with Crippen LogP contribution in [0.15, 0.2) is 0 Å². The Morgan fingerprint density at radius 2 is 2.41 bits per heavy atom. The van der Waals surface area contributed by atoms with E-state index in [4.69, 9.17) is 5.26 Å². The summed E-state index contributed by atoms with van der Waals surface area (Å²) < 4.78 is 0. The molecule has 0 radical (unpaired) electrons. The van der Waals surface area contributed by atoms with E-state index >= 15 is 0 Å². The largest absolute Gasteiger partial charge is 0.354 e. The summed E-state index contributed by atoms with van der Waals surface area (Å²) in [5.74, 6) is 0.646. The number of hydrogen-bond donors (Lipinski definition) is 2. The fourth-order valence-electron chi connectivity index (χ4n) is 2.08. The van der Waals surface area contributed by atoms with Crippen LogP contribution in [0.3, 0.4) is 0 Å². The number of likely N-dealkylation sites (tertiary alicyclic amines) is 1. The molecule has 0 aromatic rings. The highest BCUT2D eigenvalue weighted by Gasteiger charge is 2.20. The van der Waals surface area contributed by atoms with Gasteiger partial charge in [-0.25, -0.2) is 0 Å². The Hall–Kier alpha value is -1.12. The average Bonchev–Trinajstić information content (AvgIpc) is 2.77. The molecule has 1 fully saturated rings. The number of nitriles is 1. The van der Waals surface area contributed by atoms with Gasteiger partial charge in [0.25, 0.3) is 0 Å². The maximum Gasteiger partial charge on any atom is 0.233 e. The lowest BCUT2D eigenvalue weighted by molar-refractivity contribution is -0.120. The van der Waals surface area contributed by atoms with Crippen LogP contribution in [0.1, 0.15) is 19.8 Å². The Kier molecular flexibility index (Phi) is 6.60. The minimum absolute atomic E-state index is 0.0226. The zero-order chi connectivity index (χ0) is 12.5. The van der Waals surface area contributed by atoms with Crippen molar-refractivity contribution in [2.75, 3.05) is 39.3 Å². The minimum Gasteiger partial charge on any atom is -0.354 e. The second-order valence-electron chi connectivity index (χ2n) is 4.44. The molecule has 0 spiro atoms. The number of carbonyl (C=O) groups is 1. The van der Waals surface area contributed by atoms with E-state index in [1.165, 1.54) is 13.0 Å². The van der Waals surface area contributed by atoms with Gasteiger partial charge in [0.05, 0.1) is 19.0 Å². The maximum absolute atomic E-state index is 11.3. The second-order valence-corrected chi connectivity index (χ2v) is 4.44. The third kappa shape index (κ3) is 5.66. The van der Waals surface area contributed by atoms with Crippen LogP contribution in [0, 0.1) is 17.2 Å². The first-order valence-corrected chi connectivity index (χ1v) is 6.33. The van der Waals surface area contributed by atoms with Crippen molar-refractivity contribution in [2.24, 2.45) is 5.92 Å². The van der Waals surface area contributed by atoms with Crippen molar-refractivity contribution in [3.05, 3.63) is 0 Å². The molecule has 1 rings (SSSR count). The molecule has 0 aromatic heterocycles. The predicted molar refractivity (Wildman–Crippen MR) is 66.3 cm³/mol. The van der Waals surface area contributed by atoms with Crippen LogP contribution in [-0.2, 0) is 4.79 Å². The van der Waals surface area contributed by atoms with E-state index in [1.807, 2.05) is 6.07 Å². The van der Waals surface area contributed by atoms with E-state index in [0.29, 0.717) is 25.4 Å². The molecule has 0 aromatic carbocycles. The molecular weight excluding hydrogens is 216 g/mol. The monoisotopic (exact) mass is 238 g/mol. The molecule has 2 N–H and O–H groups in total. The Labute approximate surface area is 103 Å². The molecule has 5 heteroatoms. The SMILES string of the molecule is CCN1CCC(CNCC(=O)NCCC#N)C1. The van der Waals surface area contributed by atoms with Gasteiger partial charge in [0.2, 0.25) is 5.91 Å². The highest BCUT2D eigenvalue weighted by Crippen LogP contribution is 2.14. The fourth-order valence-corrected chi connectivity index (χ4v) is 2.08. The van der Waals surface area contributed by atoms with Gasteiger partial charge in [-0.2, -0.15) is 5.26 Å². The number of amides is 1. The minimum atomic E-state index is -0.0226. The summed E-state index contributed by atoms with van der Waals surface area (Å²) in [5, 5.41) is 14.2. The van der Waals surface area contributed by atoms with Crippen molar-refractivity contribution in [3.8, 4) is 6.07 Å². The number of carbonyl (C=O) groups excluding carboxylic acids is 1. The predicted octanol–water partition coefficient (Wildman–Crippen LogP) is -0.0523. The van der Waals surface area contributed by atoms with Crippen LogP contribution in [0.2, 0.25) is 0 Å². The first kappa shape index (κ1) is 13.9. The van der Waals surface area contributed by atoms with Crippen molar-refractivity contribution in [2.45, 2.75) is 19.8 Å². The van der Waals surface area contributed by atoms with Gasteiger partial charge in [-0.15, -0.1) is 0 Å². The summed E-state index contributed by atoms with van der Waals surface area (Å²) in [7, 11) is 0. The first-order chi connectivity index (χ1) is 8.26. The van der Waals surface area contributed by atoms with Crippen LogP contribution >= 0.6 is 0 Å². The average molecular weight is 238 g/mol. The third-order valence-electron chi connectivity index (χ3n) is 3.09. The third-order valence-corrected chi connectivity index (χ3v) is 3.09. The number of nitrogens with zero attached hydrogens (tertiary/aromatic N) is 2. The molecule has 5 nitrogen and oxygen atoms in total. The Morgan fingerprint density at radius 1 is 1.59 bits per heavy atom. The fraction of sp³-hybridized carbons (Fsp3) is 0.833. The van der Waals surface area contributed by atoms with Crippen LogP contribution in [0.25, 0.3) is 0 Å². The molecule has 1 aliphatic rings. The van der Waals surface area contributed by atoms with E-state index in [-0.39, 0.29) is 5.91 Å². The van der Waals surface area contributed by atoms with E-state index in [1.54, 1.807) is 0 Å². The molecular formula is C12H22N4O. The summed E-state index contributed by atoms with van der Waals surface area (Å²) >= 11 is 0. The quantitative estimate of drug-likeness (QED) is 0.610. The summed E-state index contributed by atoms with van der Waals surface area (Å²) in [6.07, 6.45) is 1.59. The van der Waals surface area contributed by atoms with Crippen molar-refractivity contribution < 1.29 is 4.79 Å². The van der Waals surface area contributed by atoms with E-state index in [2.05, 4.69) is 22.5 Å². The summed E-state index contributed by atoms with van der Waals surface area (Å²) in [5.41, 5.74) is 0. The molecule has 1 atom stereocenters. The summed E-state index contributed by atoms with van der Waals surface area (Å²) in [6, 6.07) is 1.99. The van der Waals surface area contributed by atoms with E-state index in [0.717, 1.165) is 19.6 Å². The molecule has 17 heavy (non-hydrogen) atoms. The highest BCUT2D eigenvalue weighted by atomic mass is 16.1. The van der Waals surface area contributed by atoms with Gasteiger partial charge >= 0.3 is 0 Å². The van der Waals surface area contributed by atoms with Crippen molar-refractivity contribution in [1.29, 1.82) is 5.26 Å². The topological polar surface area (TPSA) is 68.2 Å². The van der Waals surface area contributed by atoms with Crippen molar-refractivity contribution >= 4 is 5.91 Å². The normalized spacial score (nSPS) is 20.1. The lowest BCUT2D eigenvalue weighted by Gasteiger charge is -2.13. The van der Waals surface area contributed by atoms with Gasteiger partial charge in [-0.1, -0.05) is 6.92 Å². The molecule has 1 heterocycles. The zero-order valence-electron chi connectivity index (χ0n) is 10.5. The molecule has 96 valence electrons. The number of nitrogens with one attached hydrogen (secondary N) is 2. The van der Waals surface area contributed by atoms with Gasteiger partial charge in [0.15, 0.2) is 0 Å². The van der Waals surface area contributed by atoms with Crippen LogP contribution in [0.4, 0.5) is 0 Å². The lowest BCUT2D eigenvalue weighted by Crippen LogP contribution is -2.36. The molecule has 1 aliphatic heterocycles. The summed E-state index contributed by atoms with van der Waals surface area (Å²) in [4.78, 5) is 13.7. The van der Waals surface area contributed by atoms with Crippen LogP contribution in [-0.4, -0.2) is 50.1 Å². The van der Waals surface area contributed by atoms with Crippen LogP contribution < -0.4 is 10.6 Å². The van der Waals surface area contributed by atoms with Crippen molar-refractivity contribution in [1.82, 2.24) is 15.5 Å². The molecule has 0 aliphatic carbocycles. The number of hydrogen-bond acceptors (Lipinski definition) is 4. The summed E-state index contributed by atoms with van der Waals surface area (Å²) in [6.45, 7) is 7.32. The molecule has 0 saturated carbocycles. The van der Waals surface area contributed by atoms with Gasteiger partial charge in [-0.3, -0.25) is 4.79 Å². The van der Waals surface area contributed by atoms with Gasteiger partial charge in [0, 0.05) is 13.1 Å². The molecule has 1 amide bonds. The Bertz CT molecular complexity index is 274. The highest BCUT2D eigenvalue weighted by molar-refractivity contribution is 5.77. The van der Waals surface area contributed by atoms with Crippen LogP contribution in [0.5, 0.6) is 0 Å². The number of rotatable bonds is 7. The van der Waals surface area contributed by atoms with E-state index in [9.17, 15) is 4.79 Å². The zero-order valence-corrected chi connectivity index (χ0v) is 10.5. The Balaban J connectivity index is 2.00. The molecule has 1 unspecified atom stereocenters. The van der Waals surface area contributed by atoms with Gasteiger partial charge in [-0.05, 0) is 32.0 Å². The first-order valence-electron chi connectivity index (χ1n) is 6.33. The van der Waals surface area contributed by atoms with Gasteiger partial charge < -0.3 is 15.5 Å². The smallest absolute Gasteiger partial charge is 0.233 e. The second kappa shape index (κ2) is 8.04.